The predicted molar refractivity (Wildman–Crippen MR) is 108 cm³/mol. The van der Waals surface area contributed by atoms with Crippen molar-refractivity contribution in [3.8, 4) is 6.07 Å². The van der Waals surface area contributed by atoms with E-state index >= 15 is 0 Å². The molecule has 0 aromatic carbocycles. The Bertz CT molecular complexity index is 985. The maximum absolute atomic E-state index is 12.0. The van der Waals surface area contributed by atoms with Crippen molar-refractivity contribution < 1.29 is 4.79 Å². The van der Waals surface area contributed by atoms with Crippen molar-refractivity contribution in [2.75, 3.05) is 22.1 Å². The average molecular weight is 390 g/mol. The number of hydrogen-bond donors (Lipinski definition) is 3. The summed E-state index contributed by atoms with van der Waals surface area (Å²) in [5, 5.41) is 15.8. The minimum atomic E-state index is -0.454. The second-order valence-corrected chi connectivity index (χ2v) is 7.90. The number of nitriles is 1. The summed E-state index contributed by atoms with van der Waals surface area (Å²) < 4.78 is 0. The molecule has 5 heterocycles. The van der Waals surface area contributed by atoms with Gasteiger partial charge in [-0.15, -0.1) is 0 Å². The van der Waals surface area contributed by atoms with E-state index in [0.717, 1.165) is 61.4 Å². The fraction of sp³-hybridized carbons (Fsp3) is 0.450. The van der Waals surface area contributed by atoms with Crippen LogP contribution in [0.4, 0.5) is 17.2 Å². The molecule has 3 atom stereocenters. The van der Waals surface area contributed by atoms with Gasteiger partial charge >= 0.3 is 0 Å². The monoisotopic (exact) mass is 390 g/mol. The Balaban J connectivity index is 1.38. The molecule has 0 aliphatic carbocycles. The van der Waals surface area contributed by atoms with Crippen molar-refractivity contribution in [2.45, 2.75) is 50.2 Å². The van der Waals surface area contributed by atoms with E-state index in [9.17, 15) is 4.79 Å². The summed E-state index contributed by atoms with van der Waals surface area (Å²) in [5.74, 6) is 0.578. The third kappa shape index (κ3) is 3.01. The van der Waals surface area contributed by atoms with Crippen LogP contribution in [-0.2, 0) is 6.42 Å². The Morgan fingerprint density at radius 1 is 1.21 bits per heavy atom. The number of pyridine rings is 1. The van der Waals surface area contributed by atoms with Gasteiger partial charge in [-0.1, -0.05) is 0 Å². The fourth-order valence-corrected chi connectivity index (χ4v) is 5.04. The van der Waals surface area contributed by atoms with Crippen LogP contribution in [-0.4, -0.2) is 45.5 Å². The van der Waals surface area contributed by atoms with Crippen molar-refractivity contribution in [1.82, 2.24) is 15.0 Å². The SMILES string of the molecule is N#Cc1ncc(N2[C@@H]3CC[C@H]2CC(Nc2c(C(N)=O)cnc4c2CCN4)C3)cn1. The Kier molecular flexibility index (Phi) is 4.19. The number of carbonyl (C=O) groups excluding carboxylic acids is 1. The number of anilines is 3. The predicted octanol–water partition coefficient (Wildman–Crippen LogP) is 1.42. The van der Waals surface area contributed by atoms with Gasteiger partial charge in [0.05, 0.1) is 29.3 Å². The molecular weight excluding hydrogens is 368 g/mol. The van der Waals surface area contributed by atoms with Crippen LogP contribution in [0, 0.1) is 11.3 Å². The molecule has 4 N–H and O–H groups in total. The number of primary amides is 1. The first-order valence-electron chi connectivity index (χ1n) is 9.96. The lowest BCUT2D eigenvalue weighted by Gasteiger charge is -2.41. The molecule has 148 valence electrons. The highest BCUT2D eigenvalue weighted by molar-refractivity contribution is 6.00. The molecule has 0 spiro atoms. The topological polar surface area (TPSA) is 133 Å². The smallest absolute Gasteiger partial charge is 0.252 e. The number of piperidine rings is 1. The third-order valence-electron chi connectivity index (χ3n) is 6.23. The maximum Gasteiger partial charge on any atom is 0.252 e. The molecule has 2 aromatic heterocycles. The number of hydrogen-bond acceptors (Lipinski definition) is 8. The van der Waals surface area contributed by atoms with Crippen molar-refractivity contribution in [1.29, 1.82) is 5.26 Å². The Hall–Kier alpha value is -3.41. The van der Waals surface area contributed by atoms with E-state index in [4.69, 9.17) is 11.0 Å². The standard InChI is InChI=1S/C20H22N8O/c21-7-17-24-8-14(9-25-17)28-12-1-2-13(28)6-11(5-12)27-18-15-3-4-23-20(15)26-10-16(18)19(22)29/h8-13H,1-6H2,(H2,22,29)(H2,23,26,27)/t11?,12-,13+. The van der Waals surface area contributed by atoms with E-state index in [1.54, 1.807) is 18.6 Å². The van der Waals surface area contributed by atoms with Crippen molar-refractivity contribution in [3.05, 3.63) is 35.5 Å². The van der Waals surface area contributed by atoms with E-state index in [1.807, 2.05) is 6.07 Å². The van der Waals surface area contributed by atoms with Crippen LogP contribution in [0.3, 0.4) is 0 Å². The molecule has 2 saturated heterocycles. The number of nitrogens with one attached hydrogen (secondary N) is 2. The number of rotatable bonds is 4. The largest absolute Gasteiger partial charge is 0.381 e. The Morgan fingerprint density at radius 2 is 1.93 bits per heavy atom. The molecule has 29 heavy (non-hydrogen) atoms. The lowest BCUT2D eigenvalue weighted by molar-refractivity contribution is 0.100. The minimum Gasteiger partial charge on any atom is -0.381 e. The van der Waals surface area contributed by atoms with E-state index in [2.05, 4.69) is 30.5 Å². The minimum absolute atomic E-state index is 0.191. The number of fused-ring (bicyclic) bond motifs is 3. The Labute approximate surface area is 168 Å². The molecule has 0 saturated carbocycles. The van der Waals surface area contributed by atoms with Gasteiger partial charge in [-0.25, -0.2) is 15.0 Å². The van der Waals surface area contributed by atoms with Gasteiger partial charge in [0.15, 0.2) is 0 Å². The number of carbonyl (C=O) groups is 1. The van der Waals surface area contributed by atoms with Crippen LogP contribution in [0.2, 0.25) is 0 Å². The fourth-order valence-electron chi connectivity index (χ4n) is 5.04. The zero-order valence-corrected chi connectivity index (χ0v) is 15.9. The number of amides is 1. The second-order valence-electron chi connectivity index (χ2n) is 7.90. The van der Waals surface area contributed by atoms with Crippen molar-refractivity contribution in [3.63, 3.8) is 0 Å². The molecule has 3 aliphatic rings. The zero-order chi connectivity index (χ0) is 20.0. The lowest BCUT2D eigenvalue weighted by atomic mass is 9.95. The van der Waals surface area contributed by atoms with Gasteiger partial charge in [0.25, 0.3) is 5.91 Å². The quantitative estimate of drug-likeness (QED) is 0.714. The van der Waals surface area contributed by atoms with E-state index < -0.39 is 5.91 Å². The van der Waals surface area contributed by atoms with Gasteiger partial charge in [0.2, 0.25) is 5.82 Å². The summed E-state index contributed by atoms with van der Waals surface area (Å²) in [6.07, 6.45) is 10.0. The van der Waals surface area contributed by atoms with E-state index in [-0.39, 0.29) is 11.9 Å². The van der Waals surface area contributed by atoms with Crippen LogP contribution in [0.15, 0.2) is 18.6 Å². The van der Waals surface area contributed by atoms with Crippen LogP contribution < -0.4 is 21.3 Å². The van der Waals surface area contributed by atoms with Gasteiger partial charge in [0, 0.05) is 36.4 Å². The van der Waals surface area contributed by atoms with Crippen molar-refractivity contribution >= 4 is 23.1 Å². The normalized spacial score (nSPS) is 24.5. The highest BCUT2D eigenvalue weighted by Crippen LogP contribution is 2.41. The van der Waals surface area contributed by atoms with Crippen molar-refractivity contribution in [2.24, 2.45) is 5.73 Å². The number of nitrogens with zero attached hydrogens (tertiary/aromatic N) is 5. The second kappa shape index (κ2) is 6.88. The molecule has 0 radical (unpaired) electrons. The van der Waals surface area contributed by atoms with Gasteiger partial charge < -0.3 is 21.3 Å². The molecule has 1 amide bonds. The van der Waals surface area contributed by atoms with Gasteiger partial charge in [0.1, 0.15) is 11.9 Å². The number of nitrogens with two attached hydrogens (primary N) is 1. The summed E-state index contributed by atoms with van der Waals surface area (Å²) >= 11 is 0. The van der Waals surface area contributed by atoms with Crippen LogP contribution >= 0.6 is 0 Å². The summed E-state index contributed by atoms with van der Waals surface area (Å²) in [5.41, 5.74) is 8.95. The molecule has 1 unspecified atom stereocenters. The summed E-state index contributed by atoms with van der Waals surface area (Å²) in [4.78, 5) is 27.0. The maximum atomic E-state index is 12.0. The first-order valence-corrected chi connectivity index (χ1v) is 9.96. The highest BCUT2D eigenvalue weighted by atomic mass is 16.1. The first-order chi connectivity index (χ1) is 14.1. The molecule has 9 heteroatoms. The van der Waals surface area contributed by atoms with Gasteiger partial charge in [-0.3, -0.25) is 4.79 Å². The molecule has 3 aliphatic heterocycles. The average Bonchev–Trinajstić information content (AvgIpc) is 3.31. The molecule has 5 rings (SSSR count). The number of aromatic nitrogens is 3. The summed E-state index contributed by atoms with van der Waals surface area (Å²) in [6, 6.07) is 2.99. The molecule has 2 fully saturated rings. The van der Waals surface area contributed by atoms with E-state index in [0.29, 0.717) is 17.6 Å². The highest BCUT2D eigenvalue weighted by Gasteiger charge is 2.41. The summed E-state index contributed by atoms with van der Waals surface area (Å²) in [6.45, 7) is 0.821. The van der Waals surface area contributed by atoms with Crippen LogP contribution in [0.1, 0.15) is 47.4 Å². The third-order valence-corrected chi connectivity index (χ3v) is 6.23. The van der Waals surface area contributed by atoms with Crippen LogP contribution in [0.25, 0.3) is 0 Å². The molecule has 2 aromatic rings. The molecule has 9 nitrogen and oxygen atoms in total. The van der Waals surface area contributed by atoms with Gasteiger partial charge in [-0.05, 0) is 32.1 Å². The molecule has 2 bridgehead atoms. The lowest BCUT2D eigenvalue weighted by Crippen LogP contribution is -2.47. The zero-order valence-electron chi connectivity index (χ0n) is 15.9. The van der Waals surface area contributed by atoms with Gasteiger partial charge in [-0.2, -0.15) is 5.26 Å². The Morgan fingerprint density at radius 3 is 2.59 bits per heavy atom. The summed E-state index contributed by atoms with van der Waals surface area (Å²) in [7, 11) is 0. The molecular formula is C20H22N8O. The van der Waals surface area contributed by atoms with Crippen LogP contribution in [0.5, 0.6) is 0 Å². The first kappa shape index (κ1) is 17.7. The van der Waals surface area contributed by atoms with E-state index in [1.165, 1.54) is 0 Å².